The summed E-state index contributed by atoms with van der Waals surface area (Å²) in [7, 11) is 0. The van der Waals surface area contributed by atoms with Gasteiger partial charge in [-0.2, -0.15) is 14.6 Å². The number of rotatable bonds is 5. The molecular weight excluding hydrogens is 460 g/mol. The Bertz CT molecular complexity index is 1230. The number of likely N-dealkylation sites (tertiary alicyclic amines) is 1. The molecule has 0 atom stereocenters. The molecule has 1 saturated heterocycles. The summed E-state index contributed by atoms with van der Waals surface area (Å²) in [5.41, 5.74) is 2.07. The molecule has 6 rings (SSSR count). The number of amides is 1. The van der Waals surface area contributed by atoms with Gasteiger partial charge >= 0.3 is 6.09 Å². The Labute approximate surface area is 210 Å². The largest absolute Gasteiger partial charge is 0.484 e. The van der Waals surface area contributed by atoms with Crippen molar-refractivity contribution in [3.63, 3.8) is 0 Å². The van der Waals surface area contributed by atoms with Crippen LogP contribution in [0.15, 0.2) is 18.7 Å². The Balaban J connectivity index is 1.11. The minimum absolute atomic E-state index is 0.190. The Kier molecular flexibility index (Phi) is 5.53. The highest BCUT2D eigenvalue weighted by molar-refractivity contribution is 5.74. The third-order valence-electron chi connectivity index (χ3n) is 7.62. The number of hydrogen-bond donors (Lipinski definition) is 2. The maximum absolute atomic E-state index is 12.4. The molecular formula is C25H34N8O3. The fraction of sp³-hybridized carbons (Fsp3) is 0.640. The van der Waals surface area contributed by atoms with Crippen LogP contribution in [0, 0.1) is 5.41 Å². The average molecular weight is 495 g/mol. The molecule has 3 aromatic rings. The molecule has 2 saturated carbocycles. The van der Waals surface area contributed by atoms with E-state index in [0.717, 1.165) is 62.9 Å². The van der Waals surface area contributed by atoms with E-state index < -0.39 is 5.60 Å². The van der Waals surface area contributed by atoms with E-state index in [1.54, 1.807) is 17.0 Å². The molecule has 4 heterocycles. The van der Waals surface area contributed by atoms with Crippen LogP contribution >= 0.6 is 0 Å². The van der Waals surface area contributed by atoms with Gasteiger partial charge in [0, 0.05) is 30.9 Å². The molecule has 0 bridgehead atoms. The molecule has 0 radical (unpaired) electrons. The normalized spacial score (nSPS) is 20.2. The topological polar surface area (TPSA) is 123 Å². The van der Waals surface area contributed by atoms with Crippen LogP contribution in [0.4, 0.5) is 10.7 Å². The van der Waals surface area contributed by atoms with Gasteiger partial charge in [-0.1, -0.05) is 0 Å². The van der Waals surface area contributed by atoms with Crippen molar-refractivity contribution in [1.82, 2.24) is 34.7 Å². The number of fused-ring (bicyclic) bond motifs is 1. The first-order valence-corrected chi connectivity index (χ1v) is 12.9. The van der Waals surface area contributed by atoms with Crippen molar-refractivity contribution in [3.8, 4) is 17.0 Å². The summed E-state index contributed by atoms with van der Waals surface area (Å²) in [6.45, 7) is 7.21. The van der Waals surface area contributed by atoms with Gasteiger partial charge in [0.2, 0.25) is 11.6 Å². The third-order valence-corrected chi connectivity index (χ3v) is 7.62. The number of ether oxygens (including phenoxy) is 2. The first-order valence-electron chi connectivity index (χ1n) is 12.9. The van der Waals surface area contributed by atoms with Crippen LogP contribution in [-0.2, 0) is 4.74 Å². The number of piperidine rings is 1. The van der Waals surface area contributed by atoms with Gasteiger partial charge in [0.1, 0.15) is 17.6 Å². The van der Waals surface area contributed by atoms with E-state index in [1.165, 1.54) is 6.42 Å². The number of carbonyl (C=O) groups is 1. The lowest BCUT2D eigenvalue weighted by Crippen LogP contribution is -2.53. The van der Waals surface area contributed by atoms with Crippen molar-refractivity contribution >= 4 is 17.7 Å². The second-order valence-electron chi connectivity index (χ2n) is 11.5. The first kappa shape index (κ1) is 23.1. The van der Waals surface area contributed by atoms with Gasteiger partial charge < -0.3 is 19.7 Å². The van der Waals surface area contributed by atoms with E-state index in [0.29, 0.717) is 23.4 Å². The molecule has 3 aromatic heterocycles. The summed E-state index contributed by atoms with van der Waals surface area (Å²) >= 11 is 0. The monoisotopic (exact) mass is 494 g/mol. The third kappa shape index (κ3) is 4.46. The summed E-state index contributed by atoms with van der Waals surface area (Å²) in [5.74, 6) is 1.24. The summed E-state index contributed by atoms with van der Waals surface area (Å²) in [4.78, 5) is 23.6. The SMILES string of the molecule is CC(C)(C)OC(=O)N1CCC2(CC1)CC(Nc1nc3c(OC4CCC4)c(-c4cn[nH]c4)ncn3n1)C2. The zero-order chi connectivity index (χ0) is 24.9. The van der Waals surface area contributed by atoms with Crippen LogP contribution in [0.1, 0.15) is 65.7 Å². The number of aromatic nitrogens is 6. The summed E-state index contributed by atoms with van der Waals surface area (Å²) in [6.07, 6.45) is 12.6. The van der Waals surface area contributed by atoms with Crippen molar-refractivity contribution in [3.05, 3.63) is 18.7 Å². The molecule has 2 N–H and O–H groups in total. The number of aromatic amines is 1. The second kappa shape index (κ2) is 8.63. The van der Waals surface area contributed by atoms with Crippen LogP contribution in [0.25, 0.3) is 16.9 Å². The summed E-state index contributed by atoms with van der Waals surface area (Å²) in [5, 5.41) is 15.1. The lowest BCUT2D eigenvalue weighted by molar-refractivity contribution is -0.00866. The van der Waals surface area contributed by atoms with Crippen LogP contribution < -0.4 is 10.1 Å². The highest BCUT2D eigenvalue weighted by atomic mass is 16.6. The van der Waals surface area contributed by atoms with Gasteiger partial charge in [-0.05, 0) is 71.1 Å². The number of H-pyrrole nitrogens is 1. The molecule has 2 aliphatic carbocycles. The van der Waals surface area contributed by atoms with E-state index in [9.17, 15) is 4.79 Å². The molecule has 11 nitrogen and oxygen atoms in total. The van der Waals surface area contributed by atoms with E-state index >= 15 is 0 Å². The fourth-order valence-corrected chi connectivity index (χ4v) is 5.42. The van der Waals surface area contributed by atoms with Gasteiger partial charge in [0.15, 0.2) is 5.75 Å². The lowest BCUT2D eigenvalue weighted by atomic mass is 9.60. The molecule has 3 aliphatic rings. The highest BCUT2D eigenvalue weighted by Crippen LogP contribution is 2.50. The van der Waals surface area contributed by atoms with Crippen LogP contribution in [0.3, 0.4) is 0 Å². The first-order chi connectivity index (χ1) is 17.3. The second-order valence-corrected chi connectivity index (χ2v) is 11.5. The van der Waals surface area contributed by atoms with Gasteiger partial charge in [0.05, 0.1) is 12.3 Å². The van der Waals surface area contributed by atoms with Crippen molar-refractivity contribution in [2.24, 2.45) is 5.41 Å². The van der Waals surface area contributed by atoms with Crippen molar-refractivity contribution in [2.45, 2.75) is 83.5 Å². The molecule has 3 fully saturated rings. The van der Waals surface area contributed by atoms with Crippen molar-refractivity contribution in [2.75, 3.05) is 18.4 Å². The Morgan fingerprint density at radius 3 is 2.64 bits per heavy atom. The Hall–Kier alpha value is -3.37. The Morgan fingerprint density at radius 2 is 2.00 bits per heavy atom. The molecule has 1 spiro atoms. The summed E-state index contributed by atoms with van der Waals surface area (Å²) in [6, 6.07) is 0.313. The maximum Gasteiger partial charge on any atom is 0.410 e. The van der Waals surface area contributed by atoms with Crippen LogP contribution in [0.2, 0.25) is 0 Å². The average Bonchev–Trinajstić information content (AvgIpc) is 3.44. The predicted molar refractivity (Wildman–Crippen MR) is 133 cm³/mol. The van der Waals surface area contributed by atoms with E-state index in [2.05, 4.69) is 25.6 Å². The van der Waals surface area contributed by atoms with Gasteiger partial charge in [-0.15, -0.1) is 5.10 Å². The number of nitrogens with one attached hydrogen (secondary N) is 2. The van der Waals surface area contributed by atoms with Gasteiger partial charge in [-0.3, -0.25) is 5.10 Å². The molecule has 36 heavy (non-hydrogen) atoms. The Morgan fingerprint density at radius 1 is 1.22 bits per heavy atom. The standard InChI is InChI=1S/C25H34N8O3/c1-24(2,3)36-23(34)32-9-7-25(8-10-32)11-17(12-25)29-22-30-21-20(35-18-5-4-6-18)19(16-13-27-28-14-16)26-15-33(21)31-22/h13-15,17-18H,4-12H2,1-3H3,(H,27,28)(H,29,31). The van der Waals surface area contributed by atoms with E-state index in [4.69, 9.17) is 14.5 Å². The number of carbonyl (C=O) groups excluding carboxylic acids is 1. The van der Waals surface area contributed by atoms with Crippen molar-refractivity contribution < 1.29 is 14.3 Å². The minimum Gasteiger partial charge on any atom is -0.484 e. The van der Waals surface area contributed by atoms with Crippen LogP contribution in [0.5, 0.6) is 5.75 Å². The molecule has 192 valence electrons. The molecule has 0 unspecified atom stereocenters. The minimum atomic E-state index is -0.462. The zero-order valence-corrected chi connectivity index (χ0v) is 21.2. The maximum atomic E-state index is 12.4. The molecule has 0 aromatic carbocycles. The quantitative estimate of drug-likeness (QED) is 0.545. The highest BCUT2D eigenvalue weighted by Gasteiger charge is 2.47. The molecule has 1 amide bonds. The van der Waals surface area contributed by atoms with E-state index in [1.807, 2.05) is 31.9 Å². The smallest absolute Gasteiger partial charge is 0.410 e. The molecule has 11 heteroatoms. The van der Waals surface area contributed by atoms with Crippen molar-refractivity contribution in [1.29, 1.82) is 0 Å². The number of anilines is 1. The van der Waals surface area contributed by atoms with Gasteiger partial charge in [-0.25, -0.2) is 9.78 Å². The zero-order valence-electron chi connectivity index (χ0n) is 21.2. The van der Waals surface area contributed by atoms with E-state index in [-0.39, 0.29) is 17.6 Å². The van der Waals surface area contributed by atoms with Gasteiger partial charge in [0.25, 0.3) is 0 Å². The molecule has 1 aliphatic heterocycles. The number of hydrogen-bond acceptors (Lipinski definition) is 8. The predicted octanol–water partition coefficient (Wildman–Crippen LogP) is 4.04. The fourth-order valence-electron chi connectivity index (χ4n) is 5.42. The summed E-state index contributed by atoms with van der Waals surface area (Å²) < 4.78 is 13.6. The lowest BCUT2D eigenvalue weighted by Gasteiger charge is -2.52. The van der Waals surface area contributed by atoms with Crippen LogP contribution in [-0.4, -0.2) is 71.6 Å². The number of nitrogens with zero attached hydrogens (tertiary/aromatic N) is 6.